The van der Waals surface area contributed by atoms with E-state index >= 15 is 0 Å². The van der Waals surface area contributed by atoms with Crippen LogP contribution in [-0.4, -0.2) is 31.5 Å². The highest BCUT2D eigenvalue weighted by Crippen LogP contribution is 2.34. The number of para-hydroxylation sites is 2. The Morgan fingerprint density at radius 3 is 2.78 bits per heavy atom. The summed E-state index contributed by atoms with van der Waals surface area (Å²) in [6, 6.07) is 7.33. The molecule has 96 valence electrons. The summed E-state index contributed by atoms with van der Waals surface area (Å²) in [6.45, 7) is 1.80. The fourth-order valence-electron chi connectivity index (χ4n) is 2.52. The van der Waals surface area contributed by atoms with Gasteiger partial charge in [-0.25, -0.2) is 4.79 Å². The average molecular weight is 248 g/mol. The second-order valence-corrected chi connectivity index (χ2v) is 4.81. The zero-order valence-electron chi connectivity index (χ0n) is 10.1. The van der Waals surface area contributed by atoms with Crippen molar-refractivity contribution in [1.82, 2.24) is 0 Å². The number of amides is 1. The van der Waals surface area contributed by atoms with Gasteiger partial charge in [-0.15, -0.1) is 0 Å². The van der Waals surface area contributed by atoms with E-state index in [1.54, 1.807) is 11.0 Å². The first kappa shape index (κ1) is 11.3. The Bertz CT molecular complexity index is 469. The molecular weight excluding hydrogens is 232 g/mol. The van der Waals surface area contributed by atoms with E-state index in [0.717, 1.165) is 18.5 Å². The van der Waals surface area contributed by atoms with E-state index < -0.39 is 5.60 Å². The normalized spacial score (nSPS) is 27.6. The van der Waals surface area contributed by atoms with Gasteiger partial charge >= 0.3 is 6.09 Å². The van der Waals surface area contributed by atoms with E-state index in [-0.39, 0.29) is 6.09 Å². The lowest BCUT2D eigenvalue weighted by Gasteiger charge is -2.38. The zero-order valence-corrected chi connectivity index (χ0v) is 10.1. The van der Waals surface area contributed by atoms with Crippen LogP contribution in [0.15, 0.2) is 24.3 Å². The summed E-state index contributed by atoms with van der Waals surface area (Å²) in [7, 11) is 0. The van der Waals surface area contributed by atoms with E-state index in [9.17, 15) is 4.79 Å². The minimum atomic E-state index is -0.406. The number of hydrogen-bond donors (Lipinski definition) is 1. The van der Waals surface area contributed by atoms with Gasteiger partial charge in [-0.1, -0.05) is 12.1 Å². The maximum Gasteiger partial charge on any atom is 0.414 e. The zero-order chi connectivity index (χ0) is 12.6. The number of benzene rings is 1. The van der Waals surface area contributed by atoms with E-state index in [0.29, 0.717) is 25.4 Å². The molecule has 0 saturated carbocycles. The van der Waals surface area contributed by atoms with Crippen molar-refractivity contribution in [3.8, 4) is 0 Å². The smallest absolute Gasteiger partial charge is 0.414 e. The summed E-state index contributed by atoms with van der Waals surface area (Å²) >= 11 is 0. The van der Waals surface area contributed by atoms with Crippen molar-refractivity contribution in [2.75, 3.05) is 30.4 Å². The number of rotatable bonds is 1. The molecule has 1 amide bonds. The van der Waals surface area contributed by atoms with Gasteiger partial charge in [0, 0.05) is 19.4 Å². The molecule has 0 bridgehead atoms. The number of anilines is 2. The molecule has 1 unspecified atom stereocenters. The van der Waals surface area contributed by atoms with Gasteiger partial charge in [0.2, 0.25) is 0 Å². The standard InChI is InChI=1S/C13H16N2O3/c14-10-3-1-2-4-11(10)15-7-5-13(18-12(15)16)6-8-17-9-13/h1-4H,5-9,14H2. The second kappa shape index (κ2) is 4.17. The van der Waals surface area contributed by atoms with Crippen molar-refractivity contribution < 1.29 is 14.3 Å². The Morgan fingerprint density at radius 1 is 1.28 bits per heavy atom. The topological polar surface area (TPSA) is 64.8 Å². The molecule has 2 saturated heterocycles. The number of ether oxygens (including phenoxy) is 2. The summed E-state index contributed by atoms with van der Waals surface area (Å²) in [5.74, 6) is 0. The van der Waals surface area contributed by atoms with Gasteiger partial charge in [-0.05, 0) is 12.1 Å². The van der Waals surface area contributed by atoms with E-state index in [2.05, 4.69) is 0 Å². The van der Waals surface area contributed by atoms with Crippen LogP contribution in [0.4, 0.5) is 16.2 Å². The lowest BCUT2D eigenvalue weighted by atomic mass is 9.97. The molecule has 2 aliphatic heterocycles. The Hall–Kier alpha value is -1.75. The summed E-state index contributed by atoms with van der Waals surface area (Å²) in [5.41, 5.74) is 6.79. The van der Waals surface area contributed by atoms with Gasteiger partial charge in [0.1, 0.15) is 5.60 Å². The van der Waals surface area contributed by atoms with Crippen LogP contribution in [0.5, 0.6) is 0 Å². The van der Waals surface area contributed by atoms with Crippen LogP contribution in [0, 0.1) is 0 Å². The van der Waals surface area contributed by atoms with Gasteiger partial charge in [-0.2, -0.15) is 0 Å². The quantitative estimate of drug-likeness (QED) is 0.769. The molecule has 0 aromatic heterocycles. The number of nitrogens with zero attached hydrogens (tertiary/aromatic N) is 1. The third-order valence-corrected chi connectivity index (χ3v) is 3.61. The fraction of sp³-hybridized carbons (Fsp3) is 0.462. The van der Waals surface area contributed by atoms with Crippen LogP contribution in [0.2, 0.25) is 0 Å². The van der Waals surface area contributed by atoms with Gasteiger partial charge in [0.15, 0.2) is 0 Å². The van der Waals surface area contributed by atoms with Crippen LogP contribution in [0.1, 0.15) is 12.8 Å². The lowest BCUT2D eigenvalue weighted by Crippen LogP contribution is -2.50. The van der Waals surface area contributed by atoms with Gasteiger partial charge in [-0.3, -0.25) is 4.90 Å². The van der Waals surface area contributed by atoms with Crippen LogP contribution in [0.3, 0.4) is 0 Å². The predicted molar refractivity (Wildman–Crippen MR) is 67.5 cm³/mol. The third-order valence-electron chi connectivity index (χ3n) is 3.61. The first-order valence-electron chi connectivity index (χ1n) is 6.13. The molecule has 1 spiro atoms. The largest absolute Gasteiger partial charge is 0.440 e. The van der Waals surface area contributed by atoms with E-state index in [4.69, 9.17) is 15.2 Å². The van der Waals surface area contributed by atoms with Crippen molar-refractivity contribution in [2.45, 2.75) is 18.4 Å². The van der Waals surface area contributed by atoms with Crippen LogP contribution >= 0.6 is 0 Å². The van der Waals surface area contributed by atoms with Crippen molar-refractivity contribution in [2.24, 2.45) is 0 Å². The maximum absolute atomic E-state index is 12.1. The third kappa shape index (κ3) is 1.80. The molecule has 0 aliphatic carbocycles. The first-order valence-corrected chi connectivity index (χ1v) is 6.13. The molecule has 2 fully saturated rings. The van der Waals surface area contributed by atoms with Gasteiger partial charge < -0.3 is 15.2 Å². The number of hydrogen-bond acceptors (Lipinski definition) is 4. The number of carbonyl (C=O) groups is 1. The maximum atomic E-state index is 12.1. The first-order chi connectivity index (χ1) is 8.70. The summed E-state index contributed by atoms with van der Waals surface area (Å²) in [6.07, 6.45) is 1.24. The molecule has 1 aromatic carbocycles. The molecule has 18 heavy (non-hydrogen) atoms. The Morgan fingerprint density at radius 2 is 2.11 bits per heavy atom. The van der Waals surface area contributed by atoms with Crippen LogP contribution in [0.25, 0.3) is 0 Å². The van der Waals surface area contributed by atoms with E-state index in [1.807, 2.05) is 18.2 Å². The number of nitrogens with two attached hydrogens (primary N) is 1. The highest BCUT2D eigenvalue weighted by Gasteiger charge is 2.44. The molecule has 2 aliphatic rings. The molecular formula is C13H16N2O3. The number of nitrogen functional groups attached to an aromatic ring is 1. The second-order valence-electron chi connectivity index (χ2n) is 4.81. The molecule has 5 heteroatoms. The minimum absolute atomic E-state index is 0.329. The van der Waals surface area contributed by atoms with E-state index in [1.165, 1.54) is 0 Å². The van der Waals surface area contributed by atoms with Crippen molar-refractivity contribution in [3.05, 3.63) is 24.3 Å². The highest BCUT2D eigenvalue weighted by atomic mass is 16.6. The van der Waals surface area contributed by atoms with Crippen LogP contribution in [-0.2, 0) is 9.47 Å². The Kier molecular flexibility index (Phi) is 2.63. The minimum Gasteiger partial charge on any atom is -0.440 e. The average Bonchev–Trinajstić information content (AvgIpc) is 2.79. The van der Waals surface area contributed by atoms with Gasteiger partial charge in [0.05, 0.1) is 24.6 Å². The molecule has 1 atom stereocenters. The van der Waals surface area contributed by atoms with Crippen molar-refractivity contribution in [3.63, 3.8) is 0 Å². The van der Waals surface area contributed by atoms with Crippen molar-refractivity contribution >= 4 is 17.5 Å². The lowest BCUT2D eigenvalue weighted by molar-refractivity contribution is -0.0111. The molecule has 2 N–H and O–H groups in total. The number of carbonyl (C=O) groups excluding carboxylic acids is 1. The highest BCUT2D eigenvalue weighted by molar-refractivity contribution is 5.92. The molecule has 2 heterocycles. The van der Waals surface area contributed by atoms with Crippen LogP contribution < -0.4 is 10.6 Å². The Balaban J connectivity index is 1.81. The summed E-state index contributed by atoms with van der Waals surface area (Å²) < 4.78 is 10.9. The Labute approximate surface area is 105 Å². The van der Waals surface area contributed by atoms with Gasteiger partial charge in [0.25, 0.3) is 0 Å². The molecule has 3 rings (SSSR count). The van der Waals surface area contributed by atoms with Crippen molar-refractivity contribution in [1.29, 1.82) is 0 Å². The SMILES string of the molecule is Nc1ccccc1N1CCC2(CCOC2)OC1=O. The molecule has 0 radical (unpaired) electrons. The molecule has 1 aromatic rings. The molecule has 5 nitrogen and oxygen atoms in total. The summed E-state index contributed by atoms with van der Waals surface area (Å²) in [5, 5.41) is 0. The predicted octanol–water partition coefficient (Wildman–Crippen LogP) is 1.77. The summed E-state index contributed by atoms with van der Waals surface area (Å²) in [4.78, 5) is 13.7. The monoisotopic (exact) mass is 248 g/mol. The fourth-order valence-corrected chi connectivity index (χ4v) is 2.52.